The molecule has 0 N–H and O–H groups in total. The molecule has 12 heteroatoms. The maximum absolute atomic E-state index is 6.47. The van der Waals surface area contributed by atoms with E-state index in [0.29, 0.717) is 36.2 Å². The third-order valence-electron chi connectivity index (χ3n) is 10.2. The molecule has 0 amide bonds. The summed E-state index contributed by atoms with van der Waals surface area (Å²) in [6, 6.07) is 20.9. The number of aryl methyl sites for hydroxylation is 4. The molecule has 4 aliphatic heterocycles. The number of rotatable bonds is 7. The van der Waals surface area contributed by atoms with Gasteiger partial charge in [-0.1, -0.05) is 0 Å². The van der Waals surface area contributed by atoms with Gasteiger partial charge in [-0.2, -0.15) is 9.13 Å². The van der Waals surface area contributed by atoms with Crippen LogP contribution in [0.1, 0.15) is 11.1 Å². The second-order valence-electron chi connectivity index (χ2n) is 12.8. The van der Waals surface area contributed by atoms with Crippen molar-refractivity contribution >= 4 is 21.5 Å². The molecular formula is C40H34Br2N2O8. The molecule has 266 valence electrons. The minimum absolute atomic E-state index is 0. The van der Waals surface area contributed by atoms with E-state index in [1.54, 1.807) is 14.2 Å². The first-order chi connectivity index (χ1) is 24.6. The van der Waals surface area contributed by atoms with Gasteiger partial charge in [0.05, 0.1) is 36.1 Å². The summed E-state index contributed by atoms with van der Waals surface area (Å²) in [7, 11) is 3.33. The molecule has 0 saturated heterocycles. The van der Waals surface area contributed by atoms with Gasteiger partial charge in [-0.3, -0.25) is 0 Å². The highest BCUT2D eigenvalue weighted by atomic mass is 79.9. The van der Waals surface area contributed by atoms with Gasteiger partial charge in [0.1, 0.15) is 13.2 Å². The molecule has 6 aromatic rings. The van der Waals surface area contributed by atoms with Crippen LogP contribution in [0, 0.1) is 0 Å². The van der Waals surface area contributed by atoms with Crippen molar-refractivity contribution in [3.8, 4) is 68.5 Å². The number of benzene rings is 4. The van der Waals surface area contributed by atoms with Crippen molar-refractivity contribution in [2.45, 2.75) is 25.9 Å². The van der Waals surface area contributed by atoms with Crippen molar-refractivity contribution in [2.75, 3.05) is 41.0 Å². The maximum atomic E-state index is 6.47. The lowest BCUT2D eigenvalue weighted by atomic mass is 9.95. The number of aromatic nitrogens is 2. The SMILES string of the molecule is COc1ccc2cc3[n+](cc2c1OCCOc1c(OC)ccc2cc4[n+](cc12)CCc1cc2c(cc1-4)OCO2)CCc1cc2c(cc1-3)OCO2.[Br-].[Br-]. The second kappa shape index (κ2) is 13.6. The Bertz CT molecular complexity index is 2240. The number of fused-ring (bicyclic) bond motifs is 10. The van der Waals surface area contributed by atoms with Crippen molar-refractivity contribution in [1.29, 1.82) is 0 Å². The Balaban J connectivity index is 0.00000193. The Labute approximate surface area is 320 Å². The molecule has 6 heterocycles. The van der Waals surface area contributed by atoms with Gasteiger partial charge in [0.15, 0.2) is 71.5 Å². The van der Waals surface area contributed by atoms with Crippen LogP contribution in [-0.2, 0) is 25.9 Å². The normalized spacial score (nSPS) is 14.0. The molecule has 0 unspecified atom stereocenters. The number of nitrogens with zero attached hydrogens (tertiary/aromatic N) is 2. The quantitative estimate of drug-likeness (QED) is 0.164. The Morgan fingerprint density at radius 1 is 0.558 bits per heavy atom. The smallest absolute Gasteiger partial charge is 0.231 e. The average Bonchev–Trinajstić information content (AvgIpc) is 3.82. The van der Waals surface area contributed by atoms with E-state index in [0.717, 1.165) is 93.0 Å². The molecule has 10 nitrogen and oxygen atoms in total. The van der Waals surface area contributed by atoms with Crippen LogP contribution in [0.15, 0.2) is 73.1 Å². The highest BCUT2D eigenvalue weighted by Gasteiger charge is 2.30. The fourth-order valence-electron chi connectivity index (χ4n) is 7.70. The Hall–Kier alpha value is -4.94. The van der Waals surface area contributed by atoms with Gasteiger partial charge in [0.25, 0.3) is 0 Å². The first-order valence-electron chi connectivity index (χ1n) is 16.8. The molecule has 0 bridgehead atoms. The van der Waals surface area contributed by atoms with Crippen LogP contribution in [0.25, 0.3) is 44.1 Å². The molecule has 0 atom stereocenters. The van der Waals surface area contributed by atoms with Crippen LogP contribution in [0.3, 0.4) is 0 Å². The van der Waals surface area contributed by atoms with Gasteiger partial charge in [0.2, 0.25) is 25.0 Å². The molecule has 0 saturated carbocycles. The Kier molecular flexibility index (Phi) is 8.91. The van der Waals surface area contributed by atoms with Crippen LogP contribution in [-0.4, -0.2) is 41.0 Å². The van der Waals surface area contributed by atoms with E-state index < -0.39 is 0 Å². The van der Waals surface area contributed by atoms with Gasteiger partial charge in [0, 0.05) is 25.0 Å². The minimum atomic E-state index is 0. The summed E-state index contributed by atoms with van der Waals surface area (Å²) in [6.45, 7) is 2.82. The highest BCUT2D eigenvalue weighted by Crippen LogP contribution is 2.43. The molecular weight excluding hydrogens is 796 g/mol. The highest BCUT2D eigenvalue weighted by molar-refractivity contribution is 5.93. The number of methoxy groups -OCH3 is 2. The van der Waals surface area contributed by atoms with Gasteiger partial charge < -0.3 is 71.9 Å². The summed E-state index contributed by atoms with van der Waals surface area (Å²) in [4.78, 5) is 0. The molecule has 4 aliphatic rings. The molecule has 4 aromatic carbocycles. The van der Waals surface area contributed by atoms with Crippen LogP contribution < -0.4 is 81.0 Å². The van der Waals surface area contributed by atoms with Crippen LogP contribution in [0.2, 0.25) is 0 Å². The lowest BCUT2D eigenvalue weighted by Crippen LogP contribution is -3.00. The Morgan fingerprint density at radius 3 is 1.40 bits per heavy atom. The van der Waals surface area contributed by atoms with E-state index in [-0.39, 0.29) is 47.5 Å². The summed E-state index contributed by atoms with van der Waals surface area (Å²) in [5.41, 5.74) is 7.11. The number of hydrogen-bond acceptors (Lipinski definition) is 8. The molecule has 10 rings (SSSR count). The molecule has 0 aliphatic carbocycles. The second-order valence-corrected chi connectivity index (χ2v) is 12.8. The molecule has 0 radical (unpaired) electrons. The van der Waals surface area contributed by atoms with Crippen LogP contribution in [0.4, 0.5) is 0 Å². The first-order valence-corrected chi connectivity index (χ1v) is 16.8. The van der Waals surface area contributed by atoms with Gasteiger partial charge in [-0.25, -0.2) is 0 Å². The minimum Gasteiger partial charge on any atom is -1.00 e. The standard InChI is InChI=1S/C40H34N2O8.2BrH/c1-43-33-5-3-23-13-31-27-17-37-35(47-21-49-37)15-25(27)7-9-41(31)19-29(23)39(33)45-11-12-46-40-30-20-42-10-8-26-16-36-38(50-22-48-36)18-28(26)32(42)14-24(30)4-6-34(40)44-2;;/h3-6,13-20H,7-12,21-22H2,1-2H3;2*1H/q+2;;/p-2. The first kappa shape index (κ1) is 34.2. The van der Waals surface area contributed by atoms with Crippen LogP contribution >= 0.6 is 0 Å². The predicted octanol–water partition coefficient (Wildman–Crippen LogP) is -0.0454. The fourth-order valence-corrected chi connectivity index (χ4v) is 7.70. The van der Waals surface area contributed by atoms with Crippen molar-refractivity contribution < 1.29 is 81.0 Å². The lowest BCUT2D eigenvalue weighted by Gasteiger charge is -2.19. The fraction of sp³-hybridized carbons (Fsp3) is 0.250. The molecule has 0 spiro atoms. The number of halogens is 2. The van der Waals surface area contributed by atoms with Gasteiger partial charge >= 0.3 is 0 Å². The van der Waals surface area contributed by atoms with Crippen molar-refractivity contribution in [3.05, 3.63) is 84.2 Å². The zero-order valence-corrected chi connectivity index (χ0v) is 31.7. The lowest BCUT2D eigenvalue weighted by molar-refractivity contribution is -0.686. The summed E-state index contributed by atoms with van der Waals surface area (Å²) < 4.78 is 51.7. The number of pyridine rings is 2. The molecule has 0 fully saturated rings. The summed E-state index contributed by atoms with van der Waals surface area (Å²) in [5.74, 6) is 5.94. The molecule has 52 heavy (non-hydrogen) atoms. The maximum Gasteiger partial charge on any atom is 0.231 e. The van der Waals surface area contributed by atoms with E-state index in [9.17, 15) is 0 Å². The van der Waals surface area contributed by atoms with E-state index in [2.05, 4.69) is 70.1 Å². The zero-order chi connectivity index (χ0) is 33.3. The summed E-state index contributed by atoms with van der Waals surface area (Å²) in [5, 5.41) is 4.07. The summed E-state index contributed by atoms with van der Waals surface area (Å²) >= 11 is 0. The predicted molar refractivity (Wildman–Crippen MR) is 183 cm³/mol. The van der Waals surface area contributed by atoms with Crippen molar-refractivity contribution in [1.82, 2.24) is 0 Å². The largest absolute Gasteiger partial charge is 1.00 e. The summed E-state index contributed by atoms with van der Waals surface area (Å²) in [6.07, 6.45) is 6.12. The van der Waals surface area contributed by atoms with Gasteiger partial charge in [-0.15, -0.1) is 0 Å². The third-order valence-corrected chi connectivity index (χ3v) is 10.2. The van der Waals surface area contributed by atoms with E-state index in [4.69, 9.17) is 37.9 Å². The average molecular weight is 831 g/mol. The van der Waals surface area contributed by atoms with Crippen molar-refractivity contribution in [3.63, 3.8) is 0 Å². The van der Waals surface area contributed by atoms with E-state index in [1.165, 1.54) is 11.1 Å². The Morgan fingerprint density at radius 2 is 0.981 bits per heavy atom. The number of hydrogen-bond donors (Lipinski definition) is 0. The van der Waals surface area contributed by atoms with E-state index in [1.807, 2.05) is 12.1 Å². The third kappa shape index (κ3) is 5.50. The topological polar surface area (TPSA) is 81.6 Å². The van der Waals surface area contributed by atoms with Crippen LogP contribution in [0.5, 0.6) is 46.0 Å². The van der Waals surface area contributed by atoms with Gasteiger partial charge in [-0.05, 0) is 70.4 Å². The number of ether oxygens (including phenoxy) is 8. The monoisotopic (exact) mass is 828 g/mol. The van der Waals surface area contributed by atoms with Crippen molar-refractivity contribution in [2.24, 2.45) is 0 Å². The zero-order valence-electron chi connectivity index (χ0n) is 28.5. The van der Waals surface area contributed by atoms with E-state index >= 15 is 0 Å². The molecule has 2 aromatic heterocycles.